The van der Waals surface area contributed by atoms with Gasteiger partial charge in [0.1, 0.15) is 17.7 Å². The lowest BCUT2D eigenvalue weighted by Crippen LogP contribution is -2.32. The number of benzene rings is 3. The second-order valence-corrected chi connectivity index (χ2v) is 10.6. The summed E-state index contributed by atoms with van der Waals surface area (Å²) in [6.07, 6.45) is 0.413. The predicted octanol–water partition coefficient (Wildman–Crippen LogP) is 6.92. The molecule has 0 saturated carbocycles. The number of ether oxygens (including phenoxy) is 1. The molecule has 7 heteroatoms. The van der Waals surface area contributed by atoms with Gasteiger partial charge in [-0.15, -0.1) is 0 Å². The Labute approximate surface area is 227 Å². The molecule has 1 N–H and O–H groups in total. The van der Waals surface area contributed by atoms with Gasteiger partial charge in [-0.25, -0.2) is 13.5 Å². The van der Waals surface area contributed by atoms with Gasteiger partial charge in [-0.1, -0.05) is 37.6 Å². The predicted molar refractivity (Wildman–Crippen MR) is 147 cm³/mol. The van der Waals surface area contributed by atoms with Crippen LogP contribution >= 0.6 is 0 Å². The molecule has 5 rings (SSSR count). The van der Waals surface area contributed by atoms with E-state index in [1.807, 2.05) is 23.7 Å². The van der Waals surface area contributed by atoms with E-state index in [0.29, 0.717) is 19.3 Å². The molecule has 0 radical (unpaired) electrons. The van der Waals surface area contributed by atoms with Crippen molar-refractivity contribution < 1.29 is 23.4 Å². The zero-order chi connectivity index (χ0) is 27.7. The molecule has 1 aromatic heterocycles. The van der Waals surface area contributed by atoms with Crippen molar-refractivity contribution in [2.75, 3.05) is 0 Å². The van der Waals surface area contributed by atoms with Crippen molar-refractivity contribution in [3.63, 3.8) is 0 Å². The third-order valence-electron chi connectivity index (χ3n) is 7.17. The Morgan fingerprint density at radius 1 is 1.00 bits per heavy atom. The smallest absolute Gasteiger partial charge is 0.308 e. The van der Waals surface area contributed by atoms with Crippen LogP contribution in [0.1, 0.15) is 55.8 Å². The molecule has 1 saturated heterocycles. The van der Waals surface area contributed by atoms with Gasteiger partial charge in [0.25, 0.3) is 0 Å². The highest BCUT2D eigenvalue weighted by Crippen LogP contribution is 2.37. The number of rotatable bonds is 7. The molecule has 2 atom stereocenters. The van der Waals surface area contributed by atoms with E-state index in [1.54, 1.807) is 24.3 Å². The van der Waals surface area contributed by atoms with E-state index in [-0.39, 0.29) is 36.0 Å². The fourth-order valence-electron chi connectivity index (χ4n) is 5.29. The highest BCUT2D eigenvalue weighted by molar-refractivity contribution is 5.77. The minimum Gasteiger partial charge on any atom is -0.462 e. The number of carbonyl (C=O) groups excluding carboxylic acids is 1. The Morgan fingerprint density at radius 3 is 2.26 bits per heavy atom. The molecular weight excluding hydrogens is 498 g/mol. The van der Waals surface area contributed by atoms with Crippen molar-refractivity contribution in [3.05, 3.63) is 95.2 Å². The van der Waals surface area contributed by atoms with Crippen molar-refractivity contribution in [3.8, 4) is 28.1 Å². The Morgan fingerprint density at radius 2 is 1.64 bits per heavy atom. The highest BCUT2D eigenvalue weighted by Gasteiger charge is 2.29. The van der Waals surface area contributed by atoms with Crippen LogP contribution in [-0.4, -0.2) is 33.1 Å². The molecule has 0 spiro atoms. The van der Waals surface area contributed by atoms with Crippen LogP contribution < -0.4 is 0 Å². The van der Waals surface area contributed by atoms with Gasteiger partial charge in [-0.2, -0.15) is 5.10 Å². The first-order valence-corrected chi connectivity index (χ1v) is 13.3. The molecule has 4 aromatic rings. The molecule has 1 aliphatic heterocycles. The maximum atomic E-state index is 14.0. The summed E-state index contributed by atoms with van der Waals surface area (Å²) >= 11 is 0. The molecule has 202 valence electrons. The minimum absolute atomic E-state index is 0.0199. The molecule has 1 aliphatic rings. The quantitative estimate of drug-likeness (QED) is 0.264. The van der Waals surface area contributed by atoms with E-state index in [9.17, 15) is 18.7 Å². The van der Waals surface area contributed by atoms with Crippen LogP contribution in [0.25, 0.3) is 28.1 Å². The monoisotopic (exact) mass is 530 g/mol. The number of hydrogen-bond acceptors (Lipinski definition) is 4. The van der Waals surface area contributed by atoms with Crippen LogP contribution in [0.5, 0.6) is 0 Å². The van der Waals surface area contributed by atoms with Crippen molar-refractivity contribution in [2.45, 2.75) is 64.6 Å². The molecule has 1 fully saturated rings. The number of nitrogens with zero attached hydrogens (tertiary/aromatic N) is 2. The number of aliphatic hydroxyl groups excluding tert-OH is 1. The Bertz CT molecular complexity index is 1480. The van der Waals surface area contributed by atoms with Crippen LogP contribution in [0.2, 0.25) is 0 Å². The molecule has 0 bridgehead atoms. The number of carbonyl (C=O) groups is 1. The van der Waals surface area contributed by atoms with Crippen LogP contribution in [0.4, 0.5) is 8.78 Å². The summed E-state index contributed by atoms with van der Waals surface area (Å²) in [6.45, 7) is 6.15. The Hall–Kier alpha value is -3.84. The summed E-state index contributed by atoms with van der Waals surface area (Å²) in [4.78, 5) is 11.9. The average Bonchev–Trinajstić information content (AvgIpc) is 3.27. The fraction of sp³-hybridized carbons (Fsp3) is 0.312. The van der Waals surface area contributed by atoms with E-state index in [0.717, 1.165) is 44.9 Å². The molecule has 5 nitrogen and oxygen atoms in total. The van der Waals surface area contributed by atoms with Gasteiger partial charge in [-0.05, 0) is 79.8 Å². The summed E-state index contributed by atoms with van der Waals surface area (Å²) in [5, 5.41) is 15.2. The molecule has 0 amide bonds. The van der Waals surface area contributed by atoms with Crippen LogP contribution in [0.15, 0.2) is 66.7 Å². The number of hydrogen-bond donors (Lipinski definition) is 1. The first kappa shape index (κ1) is 26.8. The highest BCUT2D eigenvalue weighted by atomic mass is 19.1. The zero-order valence-electron chi connectivity index (χ0n) is 22.3. The third kappa shape index (κ3) is 5.78. The number of aromatic nitrogens is 2. The SMILES string of the molecule is Cc1ccc(-n2nc(C(C)C)c(CCC3CC(O)CC(=O)O3)c2-c2ccc(F)cc2)c(-c2ccc(F)cc2)c1. The van der Waals surface area contributed by atoms with Crippen LogP contribution in [-0.2, 0) is 16.0 Å². The van der Waals surface area contributed by atoms with E-state index < -0.39 is 6.10 Å². The van der Waals surface area contributed by atoms with Crippen molar-refractivity contribution in [1.29, 1.82) is 0 Å². The van der Waals surface area contributed by atoms with Crippen molar-refractivity contribution >= 4 is 5.97 Å². The largest absolute Gasteiger partial charge is 0.462 e. The van der Waals surface area contributed by atoms with Gasteiger partial charge >= 0.3 is 5.97 Å². The summed E-state index contributed by atoms with van der Waals surface area (Å²) in [5.41, 5.74) is 7.12. The second kappa shape index (κ2) is 11.1. The fourth-order valence-corrected chi connectivity index (χ4v) is 5.29. The molecule has 3 aromatic carbocycles. The summed E-state index contributed by atoms with van der Waals surface area (Å²) in [7, 11) is 0. The number of esters is 1. The first-order valence-electron chi connectivity index (χ1n) is 13.3. The topological polar surface area (TPSA) is 64.3 Å². The number of aliphatic hydroxyl groups is 1. The molecule has 0 aliphatic carbocycles. The van der Waals surface area contributed by atoms with Gasteiger partial charge in [-0.3, -0.25) is 4.79 Å². The molecule has 2 unspecified atom stereocenters. The lowest BCUT2D eigenvalue weighted by atomic mass is 9.93. The van der Waals surface area contributed by atoms with Gasteiger partial charge in [0.2, 0.25) is 0 Å². The van der Waals surface area contributed by atoms with Gasteiger partial charge in [0.15, 0.2) is 0 Å². The molecular formula is C32H32F2N2O3. The lowest BCUT2D eigenvalue weighted by molar-refractivity contribution is -0.160. The maximum absolute atomic E-state index is 14.0. The first-order chi connectivity index (χ1) is 18.7. The standard InChI is InChI=1S/C32H32F2N2O3/c1-19(2)31-27(14-13-26-17-25(37)18-30(38)39-26)32(22-7-11-24(34)12-8-22)36(35-31)29-15-4-20(3)16-28(29)21-5-9-23(33)10-6-21/h4-12,15-16,19,25-26,37H,13-14,17-18H2,1-3H3. The number of halogens is 2. The van der Waals surface area contributed by atoms with Gasteiger partial charge < -0.3 is 9.84 Å². The second-order valence-electron chi connectivity index (χ2n) is 10.6. The Kier molecular flexibility index (Phi) is 7.62. The van der Waals surface area contributed by atoms with E-state index in [1.165, 1.54) is 24.3 Å². The average molecular weight is 531 g/mol. The van der Waals surface area contributed by atoms with E-state index >= 15 is 0 Å². The number of aryl methyl sites for hydroxylation is 1. The summed E-state index contributed by atoms with van der Waals surface area (Å²) in [6, 6.07) is 18.8. The van der Waals surface area contributed by atoms with Gasteiger partial charge in [0, 0.05) is 23.1 Å². The van der Waals surface area contributed by atoms with Gasteiger partial charge in [0.05, 0.1) is 29.6 Å². The zero-order valence-corrected chi connectivity index (χ0v) is 22.3. The van der Waals surface area contributed by atoms with Crippen LogP contribution in [0.3, 0.4) is 0 Å². The van der Waals surface area contributed by atoms with E-state index in [2.05, 4.69) is 19.9 Å². The molecule has 2 heterocycles. The maximum Gasteiger partial charge on any atom is 0.308 e. The van der Waals surface area contributed by atoms with Crippen molar-refractivity contribution in [1.82, 2.24) is 9.78 Å². The van der Waals surface area contributed by atoms with Crippen LogP contribution in [0, 0.1) is 18.6 Å². The van der Waals surface area contributed by atoms with E-state index in [4.69, 9.17) is 9.84 Å². The normalized spacial score (nSPS) is 17.5. The third-order valence-corrected chi connectivity index (χ3v) is 7.17. The summed E-state index contributed by atoms with van der Waals surface area (Å²) in [5.74, 6) is -0.946. The number of cyclic esters (lactones) is 1. The minimum atomic E-state index is -0.703. The lowest BCUT2D eigenvalue weighted by Gasteiger charge is -2.26. The summed E-state index contributed by atoms with van der Waals surface area (Å²) < 4.78 is 35.1. The van der Waals surface area contributed by atoms with Crippen molar-refractivity contribution in [2.24, 2.45) is 0 Å². The molecule has 39 heavy (non-hydrogen) atoms. The Balaban J connectivity index is 1.67.